The number of carbonyl (C=O) groups is 2. The first-order valence-electron chi connectivity index (χ1n) is 6.88. The minimum Gasteiger partial charge on any atom is -0.481 e. The molecule has 1 aliphatic rings. The molecule has 2 rings (SSSR count). The second-order valence-corrected chi connectivity index (χ2v) is 6.49. The number of hydrogen-bond acceptors (Lipinski definition) is 2. The standard InChI is InChI=1S/C15H19BrN2O3/c1-9(14(19)20)8-18(2)15(21)17-13-7-12(13)10-3-5-11(16)6-4-10/h3-6,9,12-13H,7-8H2,1-2H3,(H,17,21)(H,19,20)/t9?,12-,13+/m0/s1. The monoisotopic (exact) mass is 354 g/mol. The summed E-state index contributed by atoms with van der Waals surface area (Å²) < 4.78 is 1.04. The number of carbonyl (C=O) groups excluding carboxylic acids is 1. The normalized spacial score (nSPS) is 21.5. The second kappa shape index (κ2) is 6.47. The Kier molecular flexibility index (Phi) is 4.88. The average Bonchev–Trinajstić information content (AvgIpc) is 3.18. The maximum absolute atomic E-state index is 12.0. The molecule has 6 heteroatoms. The van der Waals surface area contributed by atoms with Crippen LogP contribution < -0.4 is 5.32 Å². The minimum atomic E-state index is -0.895. The second-order valence-electron chi connectivity index (χ2n) is 5.57. The smallest absolute Gasteiger partial charge is 0.317 e. The number of amides is 2. The third kappa shape index (κ3) is 4.20. The van der Waals surface area contributed by atoms with Gasteiger partial charge in [0.05, 0.1) is 5.92 Å². The molecular formula is C15H19BrN2O3. The molecule has 0 heterocycles. The summed E-state index contributed by atoms with van der Waals surface area (Å²) in [5, 5.41) is 11.8. The molecule has 1 aromatic carbocycles. The van der Waals surface area contributed by atoms with Crippen LogP contribution in [0.25, 0.3) is 0 Å². The SMILES string of the molecule is CC(CN(C)C(=O)N[C@@H]1C[C@H]1c1ccc(Br)cc1)C(=O)O. The van der Waals surface area contributed by atoms with Crippen LogP contribution in [-0.4, -0.2) is 41.6 Å². The van der Waals surface area contributed by atoms with E-state index in [1.165, 1.54) is 10.5 Å². The molecule has 5 nitrogen and oxygen atoms in total. The zero-order valence-corrected chi connectivity index (χ0v) is 13.6. The van der Waals surface area contributed by atoms with Crippen molar-refractivity contribution in [2.45, 2.75) is 25.3 Å². The van der Waals surface area contributed by atoms with Gasteiger partial charge in [-0.05, 0) is 24.1 Å². The van der Waals surface area contributed by atoms with Crippen LogP contribution in [0, 0.1) is 5.92 Å². The number of aliphatic carboxylic acids is 1. The molecule has 1 aliphatic carbocycles. The lowest BCUT2D eigenvalue weighted by Crippen LogP contribution is -2.42. The van der Waals surface area contributed by atoms with E-state index in [1.54, 1.807) is 14.0 Å². The Balaban J connectivity index is 1.82. The highest BCUT2D eigenvalue weighted by Gasteiger charge is 2.40. The summed E-state index contributed by atoms with van der Waals surface area (Å²) in [4.78, 5) is 24.2. The molecule has 21 heavy (non-hydrogen) atoms. The number of rotatable bonds is 5. The van der Waals surface area contributed by atoms with Crippen LogP contribution in [0.15, 0.2) is 28.7 Å². The molecule has 0 spiro atoms. The molecule has 2 N–H and O–H groups in total. The van der Waals surface area contributed by atoms with E-state index in [9.17, 15) is 9.59 Å². The lowest BCUT2D eigenvalue weighted by Gasteiger charge is -2.20. The summed E-state index contributed by atoms with van der Waals surface area (Å²) in [5.74, 6) is -1.11. The number of nitrogens with zero attached hydrogens (tertiary/aromatic N) is 1. The summed E-state index contributed by atoms with van der Waals surface area (Å²) in [5.41, 5.74) is 1.21. The Labute approximate surface area is 132 Å². The van der Waals surface area contributed by atoms with E-state index in [4.69, 9.17) is 5.11 Å². The Morgan fingerprint density at radius 1 is 1.43 bits per heavy atom. The lowest BCUT2D eigenvalue weighted by atomic mass is 10.1. The van der Waals surface area contributed by atoms with Gasteiger partial charge in [-0.1, -0.05) is 35.0 Å². The van der Waals surface area contributed by atoms with Crippen molar-refractivity contribution in [1.82, 2.24) is 10.2 Å². The summed E-state index contributed by atoms with van der Waals surface area (Å²) in [6, 6.07) is 8.02. The van der Waals surface area contributed by atoms with Crippen molar-refractivity contribution in [1.29, 1.82) is 0 Å². The fourth-order valence-electron chi connectivity index (χ4n) is 2.27. The minimum absolute atomic E-state index is 0.140. The van der Waals surface area contributed by atoms with Crippen LogP contribution >= 0.6 is 15.9 Å². The molecule has 3 atom stereocenters. The van der Waals surface area contributed by atoms with E-state index in [2.05, 4.69) is 33.4 Å². The van der Waals surface area contributed by atoms with Gasteiger partial charge in [-0.15, -0.1) is 0 Å². The quantitative estimate of drug-likeness (QED) is 0.853. The first-order chi connectivity index (χ1) is 9.88. The molecule has 0 aromatic heterocycles. The molecule has 2 amide bonds. The van der Waals surface area contributed by atoms with E-state index in [0.29, 0.717) is 5.92 Å². The zero-order chi connectivity index (χ0) is 15.6. The van der Waals surface area contributed by atoms with Crippen molar-refractivity contribution >= 4 is 27.9 Å². The third-order valence-electron chi connectivity index (χ3n) is 3.71. The number of carboxylic acids is 1. The van der Waals surface area contributed by atoms with Crippen LogP contribution in [0.5, 0.6) is 0 Å². The predicted molar refractivity (Wildman–Crippen MR) is 83.2 cm³/mol. The Bertz CT molecular complexity index is 532. The van der Waals surface area contributed by atoms with Gasteiger partial charge >= 0.3 is 12.0 Å². The summed E-state index contributed by atoms with van der Waals surface area (Å²) in [6.07, 6.45) is 0.926. The van der Waals surface area contributed by atoms with Crippen molar-refractivity contribution in [2.75, 3.05) is 13.6 Å². The van der Waals surface area contributed by atoms with E-state index in [-0.39, 0.29) is 18.6 Å². The van der Waals surface area contributed by atoms with Crippen LogP contribution in [0.4, 0.5) is 4.79 Å². The van der Waals surface area contributed by atoms with Crippen LogP contribution in [0.1, 0.15) is 24.8 Å². The van der Waals surface area contributed by atoms with Crippen molar-refractivity contribution in [2.24, 2.45) is 5.92 Å². The molecule has 1 unspecified atom stereocenters. The number of halogens is 1. The van der Waals surface area contributed by atoms with Gasteiger partial charge in [0.25, 0.3) is 0 Å². The number of nitrogens with one attached hydrogen (secondary N) is 1. The van der Waals surface area contributed by atoms with Crippen molar-refractivity contribution in [3.63, 3.8) is 0 Å². The van der Waals surface area contributed by atoms with Crippen molar-refractivity contribution in [3.8, 4) is 0 Å². The number of hydrogen-bond donors (Lipinski definition) is 2. The molecule has 1 saturated carbocycles. The van der Waals surface area contributed by atoms with Gasteiger partial charge in [0.2, 0.25) is 0 Å². The largest absolute Gasteiger partial charge is 0.481 e. The molecule has 0 radical (unpaired) electrons. The molecule has 0 saturated heterocycles. The highest BCUT2D eigenvalue weighted by Crippen LogP contribution is 2.41. The van der Waals surface area contributed by atoms with Gasteiger partial charge in [0, 0.05) is 30.0 Å². The molecule has 0 bridgehead atoms. The van der Waals surface area contributed by atoms with Crippen molar-refractivity contribution < 1.29 is 14.7 Å². The number of urea groups is 1. The number of benzene rings is 1. The van der Waals surface area contributed by atoms with Crippen LogP contribution in [-0.2, 0) is 4.79 Å². The van der Waals surface area contributed by atoms with Crippen molar-refractivity contribution in [3.05, 3.63) is 34.3 Å². The maximum Gasteiger partial charge on any atom is 0.317 e. The van der Waals surface area contributed by atoms with E-state index < -0.39 is 11.9 Å². The first-order valence-corrected chi connectivity index (χ1v) is 7.67. The fourth-order valence-corrected chi connectivity index (χ4v) is 2.54. The molecular weight excluding hydrogens is 336 g/mol. The van der Waals surface area contributed by atoms with Crippen LogP contribution in [0.2, 0.25) is 0 Å². The molecule has 114 valence electrons. The van der Waals surface area contributed by atoms with Gasteiger partial charge in [0.1, 0.15) is 0 Å². The Morgan fingerprint density at radius 3 is 2.62 bits per heavy atom. The van der Waals surface area contributed by atoms with Gasteiger partial charge in [-0.25, -0.2) is 4.79 Å². The van der Waals surface area contributed by atoms with Gasteiger partial charge in [0.15, 0.2) is 0 Å². The topological polar surface area (TPSA) is 69.6 Å². The highest BCUT2D eigenvalue weighted by molar-refractivity contribution is 9.10. The Hall–Kier alpha value is -1.56. The third-order valence-corrected chi connectivity index (χ3v) is 4.24. The van der Waals surface area contributed by atoms with E-state index in [1.807, 2.05) is 12.1 Å². The summed E-state index contributed by atoms with van der Waals surface area (Å²) in [6.45, 7) is 1.80. The summed E-state index contributed by atoms with van der Waals surface area (Å²) >= 11 is 3.40. The lowest BCUT2D eigenvalue weighted by molar-refractivity contribution is -0.141. The van der Waals surface area contributed by atoms with E-state index >= 15 is 0 Å². The predicted octanol–water partition coefficient (Wildman–Crippen LogP) is 2.67. The zero-order valence-electron chi connectivity index (χ0n) is 12.0. The Morgan fingerprint density at radius 2 is 2.05 bits per heavy atom. The molecule has 1 aromatic rings. The van der Waals surface area contributed by atoms with Crippen LogP contribution in [0.3, 0.4) is 0 Å². The number of carboxylic acid groups (broad SMARTS) is 1. The fraction of sp³-hybridized carbons (Fsp3) is 0.467. The maximum atomic E-state index is 12.0. The van der Waals surface area contributed by atoms with E-state index in [0.717, 1.165) is 10.9 Å². The average molecular weight is 355 g/mol. The van der Waals surface area contributed by atoms with Gasteiger partial charge in [-0.3, -0.25) is 4.79 Å². The van der Waals surface area contributed by atoms with Gasteiger partial charge < -0.3 is 15.3 Å². The van der Waals surface area contributed by atoms with Gasteiger partial charge in [-0.2, -0.15) is 0 Å². The first kappa shape index (κ1) is 15.8. The summed E-state index contributed by atoms with van der Waals surface area (Å²) in [7, 11) is 1.62. The highest BCUT2D eigenvalue weighted by atomic mass is 79.9. The molecule has 0 aliphatic heterocycles. The molecule has 1 fully saturated rings.